The molecule has 2 unspecified atom stereocenters. The molecule has 1 aliphatic rings. The van der Waals surface area contributed by atoms with Gasteiger partial charge in [0.15, 0.2) is 0 Å². The van der Waals surface area contributed by atoms with Crippen LogP contribution in [0.4, 0.5) is 4.79 Å². The topological polar surface area (TPSA) is 99.3 Å². The van der Waals surface area contributed by atoms with E-state index in [2.05, 4.69) is 21.3 Å². The molecule has 0 aliphatic carbocycles. The van der Waals surface area contributed by atoms with Gasteiger partial charge >= 0.3 is 6.03 Å². The van der Waals surface area contributed by atoms with E-state index in [0.29, 0.717) is 17.7 Å². The van der Waals surface area contributed by atoms with Crippen LogP contribution in [-0.2, 0) is 10.3 Å². The smallest absolute Gasteiger partial charge is 0.322 e. The van der Waals surface area contributed by atoms with Crippen LogP contribution in [0.1, 0.15) is 29.8 Å². The summed E-state index contributed by atoms with van der Waals surface area (Å²) in [6, 6.07) is 6.27. The number of rotatable bonds is 5. The minimum absolute atomic E-state index is 0. The first-order chi connectivity index (χ1) is 10.4. The Bertz CT molecular complexity index is 605. The third-order valence-corrected chi connectivity index (χ3v) is 3.83. The molecular formula is C15H21ClN4O3. The fourth-order valence-electron chi connectivity index (χ4n) is 2.15. The summed E-state index contributed by atoms with van der Waals surface area (Å²) < 4.78 is 0. The van der Waals surface area contributed by atoms with E-state index in [9.17, 15) is 14.4 Å². The van der Waals surface area contributed by atoms with Crippen molar-refractivity contribution < 1.29 is 14.4 Å². The lowest BCUT2D eigenvalue weighted by Crippen LogP contribution is -2.40. The van der Waals surface area contributed by atoms with Crippen LogP contribution in [0.25, 0.3) is 0 Å². The normalized spacial score (nSPS) is 21.0. The van der Waals surface area contributed by atoms with E-state index in [0.717, 1.165) is 0 Å². The van der Waals surface area contributed by atoms with Crippen LogP contribution in [0.2, 0.25) is 0 Å². The molecule has 0 saturated carbocycles. The van der Waals surface area contributed by atoms with Crippen molar-refractivity contribution >= 4 is 30.3 Å². The number of imide groups is 1. The number of carbonyl (C=O) groups is 3. The first-order valence-corrected chi connectivity index (χ1v) is 7.06. The molecule has 2 rings (SSSR count). The van der Waals surface area contributed by atoms with E-state index in [-0.39, 0.29) is 24.4 Å². The maximum absolute atomic E-state index is 12.0. The third kappa shape index (κ3) is 4.00. The molecule has 7 nitrogen and oxygen atoms in total. The number of nitrogens with one attached hydrogen (secondary N) is 4. The summed E-state index contributed by atoms with van der Waals surface area (Å²) in [4.78, 5) is 35.1. The molecule has 0 radical (unpaired) electrons. The van der Waals surface area contributed by atoms with Crippen molar-refractivity contribution in [3.63, 3.8) is 0 Å². The fourth-order valence-corrected chi connectivity index (χ4v) is 2.15. The van der Waals surface area contributed by atoms with Gasteiger partial charge in [-0.2, -0.15) is 0 Å². The van der Waals surface area contributed by atoms with Crippen LogP contribution in [0.5, 0.6) is 0 Å². The van der Waals surface area contributed by atoms with Crippen molar-refractivity contribution in [3.8, 4) is 0 Å². The zero-order chi connectivity index (χ0) is 16.3. The molecule has 4 amide bonds. The second-order valence-electron chi connectivity index (χ2n) is 5.51. The first-order valence-electron chi connectivity index (χ1n) is 7.06. The molecule has 4 N–H and O–H groups in total. The molecule has 1 heterocycles. The predicted molar refractivity (Wildman–Crippen MR) is 88.6 cm³/mol. The summed E-state index contributed by atoms with van der Waals surface area (Å²) in [6.45, 7) is 4.11. The Hall–Kier alpha value is -2.12. The largest absolute Gasteiger partial charge is 0.350 e. The van der Waals surface area contributed by atoms with Gasteiger partial charge in [0.1, 0.15) is 5.54 Å². The number of benzene rings is 1. The van der Waals surface area contributed by atoms with Gasteiger partial charge in [0.2, 0.25) is 0 Å². The zero-order valence-electron chi connectivity index (χ0n) is 13.2. The lowest BCUT2D eigenvalue weighted by atomic mass is 9.91. The number of hydrogen-bond acceptors (Lipinski definition) is 4. The molecule has 23 heavy (non-hydrogen) atoms. The number of carbonyl (C=O) groups excluding carboxylic acids is 3. The monoisotopic (exact) mass is 340 g/mol. The lowest BCUT2D eigenvalue weighted by molar-refractivity contribution is -0.123. The maximum Gasteiger partial charge on any atom is 0.322 e. The molecular weight excluding hydrogens is 320 g/mol. The summed E-state index contributed by atoms with van der Waals surface area (Å²) in [6.07, 6.45) is 0. The van der Waals surface area contributed by atoms with Gasteiger partial charge in [-0.05, 0) is 38.6 Å². The van der Waals surface area contributed by atoms with Crippen molar-refractivity contribution in [2.75, 3.05) is 13.6 Å². The molecule has 1 fully saturated rings. The molecule has 2 atom stereocenters. The average molecular weight is 341 g/mol. The maximum atomic E-state index is 12.0. The molecule has 126 valence electrons. The molecule has 0 bridgehead atoms. The Morgan fingerprint density at radius 3 is 2.35 bits per heavy atom. The van der Waals surface area contributed by atoms with Gasteiger partial charge in [-0.1, -0.05) is 12.1 Å². The van der Waals surface area contributed by atoms with E-state index in [1.807, 2.05) is 14.0 Å². The molecule has 1 saturated heterocycles. The minimum atomic E-state index is -1.10. The molecule has 0 aromatic heterocycles. The molecule has 0 spiro atoms. The highest BCUT2D eigenvalue weighted by atomic mass is 35.5. The van der Waals surface area contributed by atoms with E-state index >= 15 is 0 Å². The van der Waals surface area contributed by atoms with Gasteiger partial charge in [-0.3, -0.25) is 14.9 Å². The highest BCUT2D eigenvalue weighted by Crippen LogP contribution is 2.24. The predicted octanol–water partition coefficient (Wildman–Crippen LogP) is 0.501. The molecule has 1 aromatic carbocycles. The Kier molecular flexibility index (Phi) is 6.12. The summed E-state index contributed by atoms with van der Waals surface area (Å²) in [5.41, 5.74) is 0.0172. The van der Waals surface area contributed by atoms with E-state index in [1.165, 1.54) is 0 Å². The first kappa shape index (κ1) is 18.9. The van der Waals surface area contributed by atoms with Crippen LogP contribution < -0.4 is 21.3 Å². The Labute approximate surface area is 141 Å². The lowest BCUT2D eigenvalue weighted by Gasteiger charge is -2.21. The standard InChI is InChI=1S/C15H20N4O3.ClH/c1-9(16-3)8-17-12(20)10-4-6-11(7-5-10)15(2)13(21)18-14(22)19-15;/h4-7,9,16H,8H2,1-3H3,(H,17,20)(H2,18,19,21,22);1H. The minimum Gasteiger partial charge on any atom is -0.350 e. The van der Waals surface area contributed by atoms with E-state index in [1.54, 1.807) is 31.2 Å². The van der Waals surface area contributed by atoms with Gasteiger partial charge in [0.05, 0.1) is 0 Å². The van der Waals surface area contributed by atoms with E-state index in [4.69, 9.17) is 0 Å². The van der Waals surface area contributed by atoms with Gasteiger partial charge in [-0.15, -0.1) is 12.4 Å². The van der Waals surface area contributed by atoms with Crippen LogP contribution in [0.15, 0.2) is 24.3 Å². The fraction of sp³-hybridized carbons (Fsp3) is 0.400. The summed E-state index contributed by atoms with van der Waals surface area (Å²) in [5.74, 6) is -0.587. The Morgan fingerprint density at radius 1 is 1.26 bits per heavy atom. The second kappa shape index (κ2) is 7.43. The zero-order valence-corrected chi connectivity index (χ0v) is 14.0. The third-order valence-electron chi connectivity index (χ3n) is 3.83. The highest BCUT2D eigenvalue weighted by Gasteiger charge is 2.43. The Balaban J connectivity index is 0.00000264. The van der Waals surface area contributed by atoms with Crippen molar-refractivity contribution in [2.24, 2.45) is 0 Å². The number of halogens is 1. The average Bonchev–Trinajstić information content (AvgIpc) is 2.78. The van der Waals surface area contributed by atoms with Crippen LogP contribution >= 0.6 is 12.4 Å². The van der Waals surface area contributed by atoms with Crippen LogP contribution in [0.3, 0.4) is 0 Å². The summed E-state index contributed by atoms with van der Waals surface area (Å²) in [7, 11) is 1.83. The van der Waals surface area contributed by atoms with Crippen LogP contribution in [0, 0.1) is 0 Å². The second-order valence-corrected chi connectivity index (χ2v) is 5.51. The Morgan fingerprint density at radius 2 is 1.87 bits per heavy atom. The molecule has 8 heteroatoms. The number of urea groups is 1. The molecule has 1 aromatic rings. The van der Waals surface area contributed by atoms with Gasteiger partial charge in [0, 0.05) is 18.2 Å². The van der Waals surface area contributed by atoms with Crippen molar-refractivity contribution in [3.05, 3.63) is 35.4 Å². The van der Waals surface area contributed by atoms with Gasteiger partial charge in [-0.25, -0.2) is 4.79 Å². The number of hydrogen-bond donors (Lipinski definition) is 4. The quantitative estimate of drug-likeness (QED) is 0.586. The van der Waals surface area contributed by atoms with E-state index < -0.39 is 17.5 Å². The van der Waals surface area contributed by atoms with Crippen LogP contribution in [-0.4, -0.2) is 37.5 Å². The highest BCUT2D eigenvalue weighted by molar-refractivity contribution is 6.07. The van der Waals surface area contributed by atoms with Gasteiger partial charge in [0.25, 0.3) is 11.8 Å². The number of amides is 4. The molecule has 1 aliphatic heterocycles. The van der Waals surface area contributed by atoms with Crippen molar-refractivity contribution in [1.29, 1.82) is 0 Å². The SMILES string of the molecule is CNC(C)CNC(=O)c1ccc(C2(C)NC(=O)NC2=O)cc1.Cl. The van der Waals surface area contributed by atoms with Crippen molar-refractivity contribution in [2.45, 2.75) is 25.4 Å². The number of likely N-dealkylation sites (N-methyl/N-ethyl adjacent to an activating group) is 1. The summed E-state index contributed by atoms with van der Waals surface area (Å²) >= 11 is 0. The summed E-state index contributed by atoms with van der Waals surface area (Å²) in [5, 5.41) is 10.6. The van der Waals surface area contributed by atoms with Gasteiger partial charge < -0.3 is 16.0 Å². The van der Waals surface area contributed by atoms with Crippen molar-refractivity contribution in [1.82, 2.24) is 21.3 Å².